The largest absolute Gasteiger partial charge is 0.336 e. The summed E-state index contributed by atoms with van der Waals surface area (Å²) in [5, 5.41) is 14.8. The second-order valence-corrected chi connectivity index (χ2v) is 6.85. The Morgan fingerprint density at radius 3 is 2.10 bits per heavy atom. The van der Waals surface area contributed by atoms with Gasteiger partial charge in [-0.2, -0.15) is 5.48 Å². The molecule has 0 fully saturated rings. The van der Waals surface area contributed by atoms with Gasteiger partial charge in [0.05, 0.1) is 12.6 Å². The van der Waals surface area contributed by atoms with Gasteiger partial charge in [-0.25, -0.2) is 8.78 Å². The van der Waals surface area contributed by atoms with Crippen LogP contribution in [0.4, 0.5) is 8.78 Å². The summed E-state index contributed by atoms with van der Waals surface area (Å²) in [6.45, 7) is 1.89. The number of likely N-dealkylation sites (N-methyl/N-ethyl adjacent to an activating group) is 2. The van der Waals surface area contributed by atoms with Crippen molar-refractivity contribution in [2.24, 2.45) is 0 Å². The van der Waals surface area contributed by atoms with E-state index in [1.54, 1.807) is 31.1 Å². The van der Waals surface area contributed by atoms with Crippen LogP contribution in [0.2, 0.25) is 0 Å². The van der Waals surface area contributed by atoms with Gasteiger partial charge >= 0.3 is 0 Å². The lowest BCUT2D eigenvalue weighted by atomic mass is 10.0. The summed E-state index contributed by atoms with van der Waals surface area (Å²) in [5.41, 5.74) is 5.54. The van der Waals surface area contributed by atoms with Crippen molar-refractivity contribution < 1.29 is 18.8 Å². The van der Waals surface area contributed by atoms with Crippen LogP contribution in [0, 0.1) is 0 Å². The minimum absolute atomic E-state index is 0.153. The lowest BCUT2D eigenvalue weighted by Gasteiger charge is -2.31. The van der Waals surface area contributed by atoms with Crippen LogP contribution in [0.15, 0.2) is 48.5 Å². The van der Waals surface area contributed by atoms with E-state index in [1.807, 2.05) is 43.3 Å². The van der Waals surface area contributed by atoms with Crippen molar-refractivity contribution in [3.05, 3.63) is 59.7 Å². The smallest absolute Gasteiger partial charge is 0.253 e. The first kappa shape index (κ1) is 22.9. The highest BCUT2D eigenvalue weighted by Gasteiger charge is 2.23. The summed E-state index contributed by atoms with van der Waals surface area (Å²) in [4.78, 5) is 14.2. The summed E-state index contributed by atoms with van der Waals surface area (Å²) >= 11 is 0. The summed E-state index contributed by atoms with van der Waals surface area (Å²) in [6.07, 6.45) is -2.81. The van der Waals surface area contributed by atoms with Crippen LogP contribution in [0.25, 0.3) is 11.1 Å². The minimum Gasteiger partial charge on any atom is -0.336 e. The summed E-state index contributed by atoms with van der Waals surface area (Å²) in [7, 11) is 3.38. The Labute approximate surface area is 169 Å². The van der Waals surface area contributed by atoms with E-state index in [9.17, 15) is 13.6 Å². The molecule has 1 amide bonds. The Kier molecular flexibility index (Phi) is 8.66. The fourth-order valence-corrected chi connectivity index (χ4v) is 2.97. The molecule has 0 saturated carbocycles. The number of hydroxylamine groups is 1. The van der Waals surface area contributed by atoms with Crippen molar-refractivity contribution in [1.29, 1.82) is 0 Å². The number of rotatable bonds is 10. The molecular formula is C21H28F2N4O2. The Balaban J connectivity index is 2.03. The minimum atomic E-state index is -2.36. The van der Waals surface area contributed by atoms with E-state index in [0.717, 1.165) is 16.7 Å². The molecule has 158 valence electrons. The Morgan fingerprint density at radius 2 is 1.62 bits per heavy atom. The number of halogens is 2. The van der Waals surface area contributed by atoms with Crippen LogP contribution >= 0.6 is 0 Å². The summed E-state index contributed by atoms with van der Waals surface area (Å²) < 4.78 is 24.4. The first-order chi connectivity index (χ1) is 13.9. The van der Waals surface area contributed by atoms with E-state index in [4.69, 9.17) is 5.21 Å². The second-order valence-electron chi connectivity index (χ2n) is 6.85. The number of carbonyl (C=O) groups excluding carboxylic acids is 1. The van der Waals surface area contributed by atoms with Crippen LogP contribution in [-0.2, 0) is 6.54 Å². The molecule has 0 aliphatic heterocycles. The van der Waals surface area contributed by atoms with Gasteiger partial charge in [-0.1, -0.05) is 36.4 Å². The third kappa shape index (κ3) is 6.30. The van der Waals surface area contributed by atoms with Crippen molar-refractivity contribution in [2.75, 3.05) is 20.6 Å². The number of alkyl halides is 2. The van der Waals surface area contributed by atoms with Gasteiger partial charge < -0.3 is 20.7 Å². The SMILES string of the molecule is CNC(NO)C(C)N(C)C(=O)c1ccc(-c2ccc(CNCC(F)F)cc2)cc1. The lowest BCUT2D eigenvalue weighted by molar-refractivity contribution is 0.0493. The molecule has 2 unspecified atom stereocenters. The standard InChI is InChI=1S/C21H28F2N4O2/c1-14(20(24-2)26-29)27(3)21(28)18-10-8-17(9-11-18)16-6-4-15(5-7-16)12-25-13-19(22)23/h4-11,14,19-20,24-26,29H,12-13H2,1-3H3. The lowest BCUT2D eigenvalue weighted by Crippen LogP contribution is -2.54. The molecule has 0 heterocycles. The third-order valence-electron chi connectivity index (χ3n) is 4.91. The highest BCUT2D eigenvalue weighted by molar-refractivity contribution is 5.94. The molecule has 2 rings (SSSR count). The quantitative estimate of drug-likeness (QED) is 0.361. The molecule has 2 aromatic rings. The zero-order valence-corrected chi connectivity index (χ0v) is 16.8. The van der Waals surface area contributed by atoms with Gasteiger partial charge in [-0.15, -0.1) is 0 Å². The van der Waals surface area contributed by atoms with Crippen molar-refractivity contribution in [1.82, 2.24) is 21.0 Å². The van der Waals surface area contributed by atoms with Crippen LogP contribution in [0.3, 0.4) is 0 Å². The number of benzene rings is 2. The highest BCUT2D eigenvalue weighted by Crippen LogP contribution is 2.21. The molecular weight excluding hydrogens is 378 g/mol. The molecule has 6 nitrogen and oxygen atoms in total. The van der Waals surface area contributed by atoms with Gasteiger partial charge in [0.15, 0.2) is 0 Å². The van der Waals surface area contributed by atoms with E-state index < -0.39 is 12.6 Å². The van der Waals surface area contributed by atoms with Gasteiger partial charge in [-0.05, 0) is 42.8 Å². The molecule has 0 aromatic heterocycles. The number of carbonyl (C=O) groups is 1. The van der Waals surface area contributed by atoms with E-state index in [-0.39, 0.29) is 18.5 Å². The molecule has 0 saturated heterocycles. The second kappa shape index (κ2) is 11.0. The number of nitrogens with zero attached hydrogens (tertiary/aromatic N) is 1. The predicted molar refractivity (Wildman–Crippen MR) is 109 cm³/mol. The normalized spacial score (nSPS) is 13.3. The maximum Gasteiger partial charge on any atom is 0.253 e. The molecule has 0 aliphatic carbocycles. The topological polar surface area (TPSA) is 76.6 Å². The maximum absolute atomic E-state index is 12.7. The maximum atomic E-state index is 12.7. The Morgan fingerprint density at radius 1 is 1.07 bits per heavy atom. The molecule has 2 atom stereocenters. The number of hydrogen-bond acceptors (Lipinski definition) is 5. The van der Waals surface area contributed by atoms with Crippen LogP contribution in [-0.4, -0.2) is 55.3 Å². The highest BCUT2D eigenvalue weighted by atomic mass is 19.3. The van der Waals surface area contributed by atoms with E-state index in [1.165, 1.54) is 0 Å². The average molecular weight is 406 g/mol. The van der Waals surface area contributed by atoms with Crippen LogP contribution in [0.1, 0.15) is 22.8 Å². The zero-order valence-electron chi connectivity index (χ0n) is 16.8. The summed E-state index contributed by atoms with van der Waals surface area (Å²) in [5.74, 6) is -0.153. The Bertz CT molecular complexity index is 765. The van der Waals surface area contributed by atoms with Crippen molar-refractivity contribution >= 4 is 5.91 Å². The van der Waals surface area contributed by atoms with Gasteiger partial charge in [0, 0.05) is 19.2 Å². The Hall–Kier alpha value is -2.39. The first-order valence-corrected chi connectivity index (χ1v) is 9.39. The molecule has 0 bridgehead atoms. The molecule has 0 spiro atoms. The fourth-order valence-electron chi connectivity index (χ4n) is 2.97. The molecule has 0 radical (unpaired) electrons. The van der Waals surface area contributed by atoms with E-state index in [0.29, 0.717) is 12.1 Å². The fraction of sp³-hybridized carbons (Fsp3) is 0.381. The van der Waals surface area contributed by atoms with Gasteiger partial charge in [0.1, 0.15) is 6.17 Å². The van der Waals surface area contributed by atoms with Gasteiger partial charge in [0.25, 0.3) is 12.3 Å². The average Bonchev–Trinajstić information content (AvgIpc) is 2.74. The van der Waals surface area contributed by atoms with Crippen LogP contribution in [0.5, 0.6) is 0 Å². The zero-order chi connectivity index (χ0) is 21.4. The van der Waals surface area contributed by atoms with Gasteiger partial charge in [0.2, 0.25) is 0 Å². The first-order valence-electron chi connectivity index (χ1n) is 9.39. The molecule has 29 heavy (non-hydrogen) atoms. The third-order valence-corrected chi connectivity index (χ3v) is 4.91. The van der Waals surface area contributed by atoms with Gasteiger partial charge in [-0.3, -0.25) is 4.79 Å². The number of amides is 1. The van der Waals surface area contributed by atoms with E-state index in [2.05, 4.69) is 16.1 Å². The summed E-state index contributed by atoms with van der Waals surface area (Å²) in [6, 6.07) is 14.6. The molecule has 8 heteroatoms. The monoisotopic (exact) mass is 406 g/mol. The van der Waals surface area contributed by atoms with Crippen molar-refractivity contribution in [3.63, 3.8) is 0 Å². The molecule has 2 aromatic carbocycles. The molecule has 0 aliphatic rings. The van der Waals surface area contributed by atoms with Crippen molar-refractivity contribution in [3.8, 4) is 11.1 Å². The number of nitrogens with one attached hydrogen (secondary N) is 3. The molecule has 4 N–H and O–H groups in total. The van der Waals surface area contributed by atoms with Crippen LogP contribution < -0.4 is 16.1 Å². The van der Waals surface area contributed by atoms with Crippen molar-refractivity contribution in [2.45, 2.75) is 32.1 Å². The number of hydrogen-bond donors (Lipinski definition) is 4. The predicted octanol–water partition coefficient (Wildman–Crippen LogP) is 2.69. The van der Waals surface area contributed by atoms with E-state index >= 15 is 0 Å².